The maximum absolute atomic E-state index is 12.5. The van der Waals surface area contributed by atoms with Gasteiger partial charge in [0.2, 0.25) is 6.41 Å². The highest BCUT2D eigenvalue weighted by Gasteiger charge is 2.48. The zero-order chi connectivity index (χ0) is 19.4. The monoisotopic (exact) mass is 366 g/mol. The summed E-state index contributed by atoms with van der Waals surface area (Å²) in [6, 6.07) is 14.2. The van der Waals surface area contributed by atoms with Crippen LogP contribution < -0.4 is 10.2 Å². The van der Waals surface area contributed by atoms with Crippen LogP contribution in [-0.4, -0.2) is 29.1 Å². The van der Waals surface area contributed by atoms with Crippen LogP contribution in [0.2, 0.25) is 0 Å². The summed E-state index contributed by atoms with van der Waals surface area (Å²) in [7, 11) is 0. The van der Waals surface area contributed by atoms with Gasteiger partial charge in [-0.2, -0.15) is 0 Å². The van der Waals surface area contributed by atoms with Crippen molar-refractivity contribution in [2.45, 2.75) is 18.9 Å². The minimum Gasteiger partial charge on any atom is -0.396 e. The van der Waals surface area contributed by atoms with E-state index in [0.717, 1.165) is 0 Å². The van der Waals surface area contributed by atoms with Crippen molar-refractivity contribution in [1.29, 1.82) is 0 Å². The number of anilines is 3. The number of amides is 2. The fourth-order valence-electron chi connectivity index (χ4n) is 3.27. The van der Waals surface area contributed by atoms with Gasteiger partial charge in [0.25, 0.3) is 5.91 Å². The van der Waals surface area contributed by atoms with E-state index in [0.29, 0.717) is 35.5 Å². The van der Waals surface area contributed by atoms with E-state index in [4.69, 9.17) is 5.11 Å². The van der Waals surface area contributed by atoms with Crippen molar-refractivity contribution in [2.75, 3.05) is 16.8 Å². The van der Waals surface area contributed by atoms with Gasteiger partial charge in [0, 0.05) is 35.2 Å². The normalized spacial score (nSPS) is 19.6. The van der Waals surface area contributed by atoms with E-state index in [1.165, 1.54) is 4.90 Å². The Balaban J connectivity index is 2.02. The SMILES string of the molecule is C[C@@H](/C=C/CCO)[C@]1(O)C(=O)Nc2ccc(N(C=O)c3ccccc3)cc21. The highest BCUT2D eigenvalue weighted by Crippen LogP contribution is 2.43. The Kier molecular flexibility index (Phi) is 5.39. The summed E-state index contributed by atoms with van der Waals surface area (Å²) in [5.74, 6) is -1.02. The van der Waals surface area contributed by atoms with Crippen LogP contribution >= 0.6 is 0 Å². The van der Waals surface area contributed by atoms with Crippen molar-refractivity contribution in [3.63, 3.8) is 0 Å². The number of rotatable bonds is 7. The Bertz CT molecular complexity index is 866. The van der Waals surface area contributed by atoms with Crippen molar-refractivity contribution in [3.05, 3.63) is 66.2 Å². The first-order valence-corrected chi connectivity index (χ1v) is 8.77. The van der Waals surface area contributed by atoms with Crippen LogP contribution in [0, 0.1) is 5.92 Å². The number of para-hydroxylation sites is 1. The minimum atomic E-state index is -1.75. The van der Waals surface area contributed by atoms with Crippen LogP contribution in [0.25, 0.3) is 0 Å². The number of aliphatic hydroxyl groups excluding tert-OH is 1. The number of hydrogen-bond acceptors (Lipinski definition) is 4. The lowest BCUT2D eigenvalue weighted by Crippen LogP contribution is -2.39. The minimum absolute atomic E-state index is 0.0000491. The van der Waals surface area contributed by atoms with Gasteiger partial charge in [0.1, 0.15) is 0 Å². The number of carbonyl (C=O) groups excluding carboxylic acids is 2. The van der Waals surface area contributed by atoms with Gasteiger partial charge < -0.3 is 15.5 Å². The largest absolute Gasteiger partial charge is 0.396 e. The van der Waals surface area contributed by atoms with Gasteiger partial charge in [-0.05, 0) is 36.8 Å². The zero-order valence-electron chi connectivity index (χ0n) is 15.0. The van der Waals surface area contributed by atoms with Crippen LogP contribution in [0.4, 0.5) is 17.1 Å². The maximum atomic E-state index is 12.5. The van der Waals surface area contributed by atoms with Crippen molar-refractivity contribution >= 4 is 29.4 Å². The molecule has 1 heterocycles. The Hall–Kier alpha value is -2.96. The van der Waals surface area contributed by atoms with Gasteiger partial charge in [-0.1, -0.05) is 37.3 Å². The summed E-state index contributed by atoms with van der Waals surface area (Å²) in [5, 5.41) is 22.8. The van der Waals surface area contributed by atoms with Crippen molar-refractivity contribution < 1.29 is 19.8 Å². The molecule has 1 aliphatic heterocycles. The number of fused-ring (bicyclic) bond motifs is 1. The summed E-state index contributed by atoms with van der Waals surface area (Å²) in [4.78, 5) is 25.7. The molecule has 3 rings (SSSR count). The molecule has 1 aliphatic rings. The molecule has 0 fully saturated rings. The zero-order valence-corrected chi connectivity index (χ0v) is 15.0. The number of benzene rings is 2. The molecule has 0 saturated carbocycles. The van der Waals surface area contributed by atoms with Crippen LogP contribution in [0.5, 0.6) is 0 Å². The fourth-order valence-corrected chi connectivity index (χ4v) is 3.27. The van der Waals surface area contributed by atoms with Gasteiger partial charge in [-0.15, -0.1) is 0 Å². The molecule has 0 bridgehead atoms. The van der Waals surface area contributed by atoms with Gasteiger partial charge in [0.15, 0.2) is 5.60 Å². The Morgan fingerprint density at radius 2 is 1.93 bits per heavy atom. The molecule has 2 atom stereocenters. The lowest BCUT2D eigenvalue weighted by molar-refractivity contribution is -0.137. The predicted molar refractivity (Wildman–Crippen MR) is 104 cm³/mol. The summed E-state index contributed by atoms with van der Waals surface area (Å²) in [5.41, 5.74) is 0.435. The third-order valence-corrected chi connectivity index (χ3v) is 4.81. The molecule has 6 nitrogen and oxygen atoms in total. The first-order valence-electron chi connectivity index (χ1n) is 8.77. The van der Waals surface area contributed by atoms with E-state index in [1.54, 1.807) is 49.4 Å². The molecule has 2 aromatic rings. The second-order valence-corrected chi connectivity index (χ2v) is 6.49. The average Bonchev–Trinajstić information content (AvgIpc) is 2.95. The first-order chi connectivity index (χ1) is 13.0. The summed E-state index contributed by atoms with van der Waals surface area (Å²) >= 11 is 0. The number of carbonyl (C=O) groups is 2. The van der Waals surface area contributed by atoms with Crippen LogP contribution in [0.3, 0.4) is 0 Å². The smallest absolute Gasteiger partial charge is 0.261 e. The summed E-state index contributed by atoms with van der Waals surface area (Å²) in [6.45, 7) is 1.74. The Labute approximate surface area is 157 Å². The topological polar surface area (TPSA) is 89.9 Å². The van der Waals surface area contributed by atoms with E-state index in [9.17, 15) is 14.7 Å². The molecule has 0 aromatic heterocycles. The number of hydrogen-bond donors (Lipinski definition) is 3. The van der Waals surface area contributed by atoms with Crippen LogP contribution in [0.1, 0.15) is 18.9 Å². The number of nitrogens with zero attached hydrogens (tertiary/aromatic N) is 1. The Morgan fingerprint density at radius 1 is 1.19 bits per heavy atom. The van der Waals surface area contributed by atoms with Crippen LogP contribution in [0.15, 0.2) is 60.7 Å². The molecule has 6 heteroatoms. The average molecular weight is 366 g/mol. The second-order valence-electron chi connectivity index (χ2n) is 6.49. The standard InChI is InChI=1S/C21H22N2O4/c1-15(7-5-6-12-24)21(27)18-13-17(10-11-19(18)22-20(21)26)23(14-25)16-8-3-2-4-9-16/h2-5,7-11,13-15,24,27H,6,12H2,1H3,(H,22,26)/b7-5+/t15-,21+/m0/s1. The highest BCUT2D eigenvalue weighted by atomic mass is 16.3. The second kappa shape index (κ2) is 7.73. The van der Waals surface area contributed by atoms with E-state index >= 15 is 0 Å². The quantitative estimate of drug-likeness (QED) is 0.519. The molecule has 27 heavy (non-hydrogen) atoms. The molecular formula is C21H22N2O4. The van der Waals surface area contributed by atoms with E-state index in [1.807, 2.05) is 18.2 Å². The molecule has 2 aromatic carbocycles. The van der Waals surface area contributed by atoms with Gasteiger partial charge >= 0.3 is 0 Å². The fraction of sp³-hybridized carbons (Fsp3) is 0.238. The van der Waals surface area contributed by atoms with Crippen molar-refractivity contribution in [1.82, 2.24) is 0 Å². The number of nitrogens with one attached hydrogen (secondary N) is 1. The molecule has 2 amide bonds. The maximum Gasteiger partial charge on any atom is 0.261 e. The third-order valence-electron chi connectivity index (χ3n) is 4.81. The van der Waals surface area contributed by atoms with Gasteiger partial charge in [-0.3, -0.25) is 14.5 Å². The molecule has 0 aliphatic carbocycles. The lowest BCUT2D eigenvalue weighted by atomic mass is 9.82. The van der Waals surface area contributed by atoms with Gasteiger partial charge in [-0.25, -0.2) is 0 Å². The van der Waals surface area contributed by atoms with E-state index in [2.05, 4.69) is 5.32 Å². The van der Waals surface area contributed by atoms with E-state index in [-0.39, 0.29) is 6.61 Å². The molecule has 0 radical (unpaired) electrons. The third kappa shape index (κ3) is 3.37. The first kappa shape index (κ1) is 18.8. The van der Waals surface area contributed by atoms with Crippen molar-refractivity contribution in [2.24, 2.45) is 5.92 Å². The van der Waals surface area contributed by atoms with E-state index < -0.39 is 17.4 Å². The molecule has 0 saturated heterocycles. The molecule has 0 spiro atoms. The van der Waals surface area contributed by atoms with Gasteiger partial charge in [0.05, 0.1) is 0 Å². The number of aliphatic hydroxyl groups is 2. The summed E-state index contributed by atoms with van der Waals surface area (Å²) < 4.78 is 0. The Morgan fingerprint density at radius 3 is 2.59 bits per heavy atom. The molecule has 0 unspecified atom stereocenters. The summed E-state index contributed by atoms with van der Waals surface area (Å²) in [6.07, 6.45) is 4.60. The van der Waals surface area contributed by atoms with Crippen LogP contribution in [-0.2, 0) is 15.2 Å². The lowest BCUT2D eigenvalue weighted by Gasteiger charge is -2.27. The molecule has 140 valence electrons. The molecular weight excluding hydrogens is 344 g/mol. The molecule has 3 N–H and O–H groups in total. The predicted octanol–water partition coefficient (Wildman–Crippen LogP) is 2.70. The highest BCUT2D eigenvalue weighted by molar-refractivity contribution is 6.06. The van der Waals surface area contributed by atoms with Crippen molar-refractivity contribution in [3.8, 4) is 0 Å².